The lowest BCUT2D eigenvalue weighted by atomic mass is 10.0. The highest BCUT2D eigenvalue weighted by Crippen LogP contribution is 2.14. The van der Waals surface area contributed by atoms with Crippen molar-refractivity contribution in [2.24, 2.45) is 34.8 Å². The average Bonchev–Trinajstić information content (AvgIpc) is 3.32. The molecule has 78 heavy (non-hydrogen) atoms. The molecule has 0 saturated heterocycles. The number of thiol groups is 1. The van der Waals surface area contributed by atoms with Gasteiger partial charge in [0, 0.05) is 31.4 Å². The second-order valence-electron chi connectivity index (χ2n) is 19.0. The molecule has 0 saturated carbocycles. The van der Waals surface area contributed by atoms with E-state index in [1.165, 1.54) is 24.3 Å². The fourth-order valence-corrected chi connectivity index (χ4v) is 7.47. The topological polar surface area (TPSA) is 520 Å². The third-order valence-corrected chi connectivity index (χ3v) is 11.5. The van der Waals surface area contributed by atoms with Gasteiger partial charge in [0.2, 0.25) is 65.0 Å². The Labute approximate surface area is 453 Å². The van der Waals surface area contributed by atoms with Crippen LogP contribution in [0.15, 0.2) is 24.3 Å². The van der Waals surface area contributed by atoms with Crippen LogP contribution in [0.5, 0.6) is 5.75 Å². The van der Waals surface area contributed by atoms with Crippen LogP contribution in [0.3, 0.4) is 0 Å². The first-order valence-electron chi connectivity index (χ1n) is 24.4. The summed E-state index contributed by atoms with van der Waals surface area (Å²) in [5.41, 5.74) is 22.1. The number of hydrogen-bond acceptors (Lipinski definition) is 17. The van der Waals surface area contributed by atoms with Crippen LogP contribution in [-0.2, 0) is 73.5 Å². The molecule has 1 rings (SSSR count). The zero-order chi connectivity index (χ0) is 59.6. The Kier molecular flexibility index (Phi) is 29.5. The van der Waals surface area contributed by atoms with Gasteiger partial charge < -0.3 is 85.9 Å². The van der Waals surface area contributed by atoms with Crippen LogP contribution in [0, 0.1) is 11.8 Å². The van der Waals surface area contributed by atoms with Crippen molar-refractivity contribution < 1.29 is 87.5 Å². The van der Waals surface area contributed by atoms with Crippen LogP contribution in [0.2, 0.25) is 0 Å². The Morgan fingerprint density at radius 3 is 1.22 bits per heavy atom. The molecular weight excluding hydrogens is 1050 g/mol. The molecule has 0 bridgehead atoms. The second-order valence-corrected chi connectivity index (χ2v) is 19.3. The minimum atomic E-state index is -1.97. The molecule has 9 atom stereocenters. The third kappa shape index (κ3) is 26.6. The number of rotatable bonds is 37. The van der Waals surface area contributed by atoms with Crippen molar-refractivity contribution in [2.45, 2.75) is 153 Å². The third-order valence-electron chi connectivity index (χ3n) is 11.2. The Bertz CT molecular complexity index is 2340. The van der Waals surface area contributed by atoms with Crippen LogP contribution in [0.4, 0.5) is 0 Å². The highest BCUT2D eigenvalue weighted by Gasteiger charge is 2.36. The van der Waals surface area contributed by atoms with E-state index in [0.29, 0.717) is 0 Å². The van der Waals surface area contributed by atoms with Gasteiger partial charge in [0.1, 0.15) is 54.1 Å². The predicted octanol–water partition coefficient (Wildman–Crippen LogP) is -5.01. The number of carboxylic acids is 3. The number of carbonyl (C=O) groups excluding carboxylic acids is 11. The molecule has 11 amide bonds. The normalized spacial score (nSPS) is 14.5. The summed E-state index contributed by atoms with van der Waals surface area (Å²) in [6.07, 6.45) is -5.72. The number of carbonyl (C=O) groups is 14. The lowest BCUT2D eigenvalue weighted by Crippen LogP contribution is -2.61. The van der Waals surface area contributed by atoms with Crippen molar-refractivity contribution in [1.82, 2.24) is 42.5 Å². The molecule has 31 heteroatoms. The van der Waals surface area contributed by atoms with Crippen molar-refractivity contribution in [3.63, 3.8) is 0 Å². The molecule has 0 unspecified atom stereocenters. The Morgan fingerprint density at radius 1 is 0.449 bits per heavy atom. The average molecular weight is 1130 g/mol. The van der Waals surface area contributed by atoms with Crippen LogP contribution < -0.4 is 65.5 Å². The largest absolute Gasteiger partial charge is 0.508 e. The summed E-state index contributed by atoms with van der Waals surface area (Å²) < 4.78 is 0. The first kappa shape index (κ1) is 67.9. The number of nitrogens with one attached hydrogen (secondary N) is 8. The van der Waals surface area contributed by atoms with Crippen molar-refractivity contribution in [2.75, 3.05) is 5.75 Å². The first-order chi connectivity index (χ1) is 36.3. The summed E-state index contributed by atoms with van der Waals surface area (Å²) in [5, 5.41) is 56.6. The quantitative estimate of drug-likeness (QED) is 0.0277. The molecule has 1 aromatic rings. The molecule has 30 nitrogen and oxygen atoms in total. The maximum absolute atomic E-state index is 14.1. The smallest absolute Gasteiger partial charge is 0.326 e. The molecule has 0 aromatic heterocycles. The van der Waals surface area contributed by atoms with E-state index in [1.54, 1.807) is 27.7 Å². The SMILES string of the molecule is CC(C)C[C@H](NC(=O)[C@H](CCC(N)=O)NC(=O)[C@H](CCC(=O)O)NC(=O)[C@@H](N)CC(C)C)C(=O)N[C@@H](CCC(=O)O)C(=O)N[C@@H](CC(N)=O)C(=O)N[C@@H](Cc1ccc(O)cc1)C(=O)N[C@@H](CS)C(=O)N[C@@H](CC(N)=O)C(=O)O. The minimum Gasteiger partial charge on any atom is -0.508 e. The molecule has 0 aliphatic heterocycles. The lowest BCUT2D eigenvalue weighted by Gasteiger charge is -2.28. The number of hydrogen-bond donors (Lipinski definition) is 17. The molecule has 0 spiro atoms. The molecule has 0 aliphatic carbocycles. The van der Waals surface area contributed by atoms with Crippen molar-refractivity contribution >= 4 is 95.5 Å². The molecule has 1 aromatic carbocycles. The summed E-state index contributed by atoms with van der Waals surface area (Å²) in [5.74, 6) is -17.7. The molecule has 20 N–H and O–H groups in total. The first-order valence-corrected chi connectivity index (χ1v) is 25.1. The summed E-state index contributed by atoms with van der Waals surface area (Å²) in [6.45, 7) is 6.83. The number of primary amides is 3. The van der Waals surface area contributed by atoms with Crippen LogP contribution in [0.25, 0.3) is 0 Å². The molecule has 0 heterocycles. The van der Waals surface area contributed by atoms with Gasteiger partial charge in [-0.2, -0.15) is 12.6 Å². The number of nitrogens with two attached hydrogens (primary N) is 4. The predicted molar refractivity (Wildman–Crippen MR) is 275 cm³/mol. The number of amides is 11. The van der Waals surface area contributed by atoms with Crippen molar-refractivity contribution in [1.29, 1.82) is 0 Å². The monoisotopic (exact) mass is 1120 g/mol. The number of benzene rings is 1. The maximum Gasteiger partial charge on any atom is 0.326 e. The standard InChI is InChI=1S/C47H72N12O18S/c1-21(2)15-25(48)39(68)52-27(10-13-37(64)65)40(69)53-26(9-12-34(49)61)41(70)55-29(16-22(3)4)43(72)54-28(11-14-38(66)67)42(71)57-31(18-35(50)62)45(74)56-30(17-23-5-7-24(60)8-6-23)44(73)59-33(20-78)46(75)58-32(47(76)77)19-36(51)63/h5-8,21-22,25-33,60,78H,9-20,48H2,1-4H3,(H2,49,61)(H2,50,62)(H2,51,63)(H,52,68)(H,53,69)(H,54,72)(H,55,70)(H,56,74)(H,57,71)(H,58,75)(H,59,73)(H,64,65)(H,66,67)(H,76,77)/t25-,26-,27-,28-,29-,30-,31-,32-,33-/m0/s1. The van der Waals surface area contributed by atoms with Crippen LogP contribution >= 0.6 is 12.6 Å². The Balaban J connectivity index is 3.61. The summed E-state index contributed by atoms with van der Waals surface area (Å²) >= 11 is 4.05. The minimum absolute atomic E-state index is 0.0440. The molecule has 0 fully saturated rings. The summed E-state index contributed by atoms with van der Waals surface area (Å²) in [7, 11) is 0. The molecule has 434 valence electrons. The number of carboxylic acid groups (broad SMARTS) is 3. The number of phenolic OH excluding ortho intramolecular Hbond substituents is 1. The van der Waals surface area contributed by atoms with Gasteiger partial charge in [-0.05, 0) is 61.6 Å². The van der Waals surface area contributed by atoms with Gasteiger partial charge in [-0.25, -0.2) is 4.79 Å². The van der Waals surface area contributed by atoms with Gasteiger partial charge in [0.15, 0.2) is 0 Å². The fourth-order valence-electron chi connectivity index (χ4n) is 7.21. The molecule has 0 aliphatic rings. The van der Waals surface area contributed by atoms with E-state index in [9.17, 15) is 87.5 Å². The highest BCUT2D eigenvalue weighted by atomic mass is 32.1. The zero-order valence-corrected chi connectivity index (χ0v) is 44.3. The van der Waals surface area contributed by atoms with Gasteiger partial charge in [-0.3, -0.25) is 62.3 Å². The number of aromatic hydroxyl groups is 1. The van der Waals surface area contributed by atoms with Crippen LogP contribution in [-0.4, -0.2) is 163 Å². The zero-order valence-electron chi connectivity index (χ0n) is 43.4. The van der Waals surface area contributed by atoms with Gasteiger partial charge in [-0.1, -0.05) is 39.8 Å². The van der Waals surface area contributed by atoms with E-state index in [4.69, 9.17) is 22.9 Å². The van der Waals surface area contributed by atoms with E-state index in [2.05, 4.69) is 49.8 Å². The lowest BCUT2D eigenvalue weighted by molar-refractivity contribution is -0.143. The van der Waals surface area contributed by atoms with Gasteiger partial charge in [0.25, 0.3) is 0 Å². The van der Waals surface area contributed by atoms with E-state index < -0.39 is 207 Å². The number of phenols is 1. The van der Waals surface area contributed by atoms with Gasteiger partial charge in [0.05, 0.1) is 18.9 Å². The van der Waals surface area contributed by atoms with E-state index >= 15 is 0 Å². The number of aliphatic carboxylic acids is 3. The van der Waals surface area contributed by atoms with Crippen molar-refractivity contribution in [3.8, 4) is 5.75 Å². The van der Waals surface area contributed by atoms with Crippen molar-refractivity contribution in [3.05, 3.63) is 29.8 Å². The van der Waals surface area contributed by atoms with E-state index in [1.807, 2.05) is 5.32 Å². The highest BCUT2D eigenvalue weighted by molar-refractivity contribution is 7.80. The summed E-state index contributed by atoms with van der Waals surface area (Å²) in [4.78, 5) is 180. The molecular formula is C47H72N12O18S. The second kappa shape index (κ2) is 33.8. The Hall–Kier alpha value is -8.09. The molecule has 0 radical (unpaired) electrons. The maximum atomic E-state index is 14.1. The Morgan fingerprint density at radius 2 is 0.795 bits per heavy atom. The van der Waals surface area contributed by atoms with Crippen LogP contribution in [0.1, 0.15) is 97.5 Å². The van der Waals surface area contributed by atoms with Gasteiger partial charge >= 0.3 is 17.9 Å². The van der Waals surface area contributed by atoms with E-state index in [-0.39, 0.29) is 30.1 Å². The van der Waals surface area contributed by atoms with E-state index in [0.717, 1.165) is 0 Å². The fraction of sp³-hybridized carbons (Fsp3) is 0.574. The van der Waals surface area contributed by atoms with Gasteiger partial charge in [-0.15, -0.1) is 0 Å². The summed E-state index contributed by atoms with van der Waals surface area (Å²) in [6, 6.07) is -9.69.